The highest BCUT2D eigenvalue weighted by molar-refractivity contribution is 6.38. The highest BCUT2D eigenvalue weighted by Gasteiger charge is 2.45. The second-order valence-electron chi connectivity index (χ2n) is 18.0. The summed E-state index contributed by atoms with van der Waals surface area (Å²) in [4.78, 5) is 103. The first kappa shape index (κ1) is 51.0. The van der Waals surface area contributed by atoms with E-state index in [9.17, 15) is 33.6 Å². The molecule has 1 saturated heterocycles. The lowest BCUT2D eigenvalue weighted by molar-refractivity contribution is -0.143. The number of nitrogens with zero attached hydrogens (tertiary/aromatic N) is 3. The van der Waals surface area contributed by atoms with Gasteiger partial charge in [-0.25, -0.2) is 9.78 Å². The number of methoxy groups -OCH3 is 1. The summed E-state index contributed by atoms with van der Waals surface area (Å²) in [5.41, 5.74) is 1.70. The molecule has 1 fully saturated rings. The largest absolute Gasteiger partial charge is 0.497 e. The van der Waals surface area contributed by atoms with Crippen molar-refractivity contribution in [2.24, 2.45) is 5.92 Å². The van der Waals surface area contributed by atoms with E-state index in [0.717, 1.165) is 5.56 Å². The molecule has 4 aromatic rings. The fourth-order valence-corrected chi connectivity index (χ4v) is 7.59. The summed E-state index contributed by atoms with van der Waals surface area (Å²) < 4.78 is 17.7. The van der Waals surface area contributed by atoms with Gasteiger partial charge in [-0.05, 0) is 50.8 Å². The first-order chi connectivity index (χ1) is 31.8. The number of likely N-dealkylation sites (tertiary alicyclic amines) is 1. The number of Topliss-reactive ketones (excluding diaryl/α,β-unsaturated/α-hetero) is 1. The van der Waals surface area contributed by atoms with Gasteiger partial charge in [0.05, 0.1) is 37.5 Å². The summed E-state index contributed by atoms with van der Waals surface area (Å²) >= 11 is 0. The van der Waals surface area contributed by atoms with Gasteiger partial charge in [-0.15, -0.1) is 0 Å². The molecule has 0 bridgehead atoms. The van der Waals surface area contributed by atoms with Crippen molar-refractivity contribution >= 4 is 52.3 Å². The Morgan fingerprint density at radius 1 is 0.881 bits per heavy atom. The van der Waals surface area contributed by atoms with Crippen molar-refractivity contribution in [3.63, 3.8) is 0 Å². The zero-order valence-corrected chi connectivity index (χ0v) is 39.7. The average molecular weight is 922 g/mol. The number of carbonyl (C=O) groups is 7. The number of carbonyl (C=O) groups excluding carboxylic acids is 7. The normalized spacial score (nSPS) is 16.0. The first-order valence-corrected chi connectivity index (χ1v) is 22.5. The maximum Gasteiger partial charge on any atom is 0.408 e. The van der Waals surface area contributed by atoms with Crippen LogP contribution in [0.3, 0.4) is 0 Å². The van der Waals surface area contributed by atoms with Gasteiger partial charge in [0, 0.05) is 43.6 Å². The standard InChI is InChI=1S/C50H63N7O10/c1-10-11-22-36(44(59)46(61)51-28-41(58)54-43(47(62)56(7)8)32-20-16-13-17-21-32)53-45(60)39-26-34(29-57(39)48(63)42(30(2)3)55-49(64)67-50(4,5)6)66-40-27-37(31-18-14-12-15-19-31)52-38-25-33(65-9)23-24-35(38)40/h12-21,23-25,27,30,34,36,39,42-43H,10-11,22,26,28-29H2,1-9H3,(H,51,61)(H,53,60)(H,54,58)(H,55,64)/t34-,36?,39+,42+,43+/m1/s1. The average Bonchev–Trinajstić information content (AvgIpc) is 3.73. The van der Waals surface area contributed by atoms with Gasteiger partial charge >= 0.3 is 6.09 Å². The van der Waals surface area contributed by atoms with Gasteiger partial charge in [-0.1, -0.05) is 94.3 Å². The number of likely N-dealkylation sites (N-methyl/N-ethyl adjacent to an activating group) is 1. The van der Waals surface area contributed by atoms with Gasteiger partial charge in [0.2, 0.25) is 29.4 Å². The van der Waals surface area contributed by atoms with E-state index in [1.807, 2.05) is 43.3 Å². The SMILES string of the molecule is CCCCC(NC(=O)[C@@H]1C[C@@H](Oc2cc(-c3ccccc3)nc3cc(OC)ccc23)CN1C(=O)[C@@H](NC(=O)OC(C)(C)C)C(C)C)C(=O)C(=O)NCC(=O)N[C@H](C(=O)N(C)C)c1ccccc1. The Morgan fingerprint density at radius 2 is 1.55 bits per heavy atom. The number of ketones is 1. The van der Waals surface area contributed by atoms with Crippen LogP contribution in [-0.4, -0.2) is 120 Å². The number of pyridine rings is 1. The monoisotopic (exact) mass is 921 g/mol. The number of unbranched alkanes of at least 4 members (excludes halogenated alkanes) is 1. The third-order valence-corrected chi connectivity index (χ3v) is 11.0. The van der Waals surface area contributed by atoms with Crippen molar-refractivity contribution < 1.29 is 47.8 Å². The van der Waals surface area contributed by atoms with Crippen LogP contribution in [0, 0.1) is 5.92 Å². The summed E-state index contributed by atoms with van der Waals surface area (Å²) in [6, 6.07) is 20.6. The van der Waals surface area contributed by atoms with Crippen LogP contribution in [0.15, 0.2) is 84.9 Å². The number of rotatable bonds is 19. The van der Waals surface area contributed by atoms with Crippen LogP contribution >= 0.6 is 0 Å². The number of aromatic nitrogens is 1. The smallest absolute Gasteiger partial charge is 0.408 e. The van der Waals surface area contributed by atoms with Gasteiger partial charge in [0.25, 0.3) is 5.91 Å². The Bertz CT molecular complexity index is 2400. The van der Waals surface area contributed by atoms with E-state index in [4.69, 9.17) is 19.2 Å². The highest BCUT2D eigenvalue weighted by Crippen LogP contribution is 2.35. The minimum absolute atomic E-state index is 0.0230. The molecule has 5 rings (SSSR count). The molecule has 0 aliphatic carbocycles. The maximum absolute atomic E-state index is 14.6. The van der Waals surface area contributed by atoms with Crippen molar-refractivity contribution in [1.29, 1.82) is 0 Å². The van der Waals surface area contributed by atoms with Crippen LogP contribution in [0.2, 0.25) is 0 Å². The third kappa shape index (κ3) is 13.7. The maximum atomic E-state index is 14.6. The molecule has 1 unspecified atom stereocenters. The van der Waals surface area contributed by atoms with Gasteiger partial charge in [0.1, 0.15) is 41.3 Å². The van der Waals surface area contributed by atoms with Crippen molar-refractivity contribution in [3.05, 3.63) is 90.5 Å². The summed E-state index contributed by atoms with van der Waals surface area (Å²) in [7, 11) is 4.66. The molecule has 1 aromatic heterocycles. The Hall–Kier alpha value is -7.04. The molecule has 1 aliphatic heterocycles. The summed E-state index contributed by atoms with van der Waals surface area (Å²) in [6.07, 6.45) is -0.450. The lowest BCUT2D eigenvalue weighted by atomic mass is 10.0. The lowest BCUT2D eigenvalue weighted by Gasteiger charge is -2.31. The minimum atomic E-state index is -1.33. The Kier molecular flexibility index (Phi) is 17.4. The van der Waals surface area contributed by atoms with E-state index in [1.54, 1.807) is 104 Å². The second kappa shape index (κ2) is 22.9. The molecule has 358 valence electrons. The van der Waals surface area contributed by atoms with Crippen LogP contribution in [0.5, 0.6) is 11.5 Å². The van der Waals surface area contributed by atoms with Crippen molar-refractivity contribution in [2.75, 3.05) is 34.3 Å². The molecule has 5 atom stereocenters. The highest BCUT2D eigenvalue weighted by atomic mass is 16.6. The van der Waals surface area contributed by atoms with Crippen LogP contribution in [0.25, 0.3) is 22.2 Å². The number of fused-ring (bicyclic) bond motifs is 1. The fraction of sp³-hybridized carbons (Fsp3) is 0.440. The molecule has 67 heavy (non-hydrogen) atoms. The number of alkyl carbamates (subject to hydrolysis) is 1. The number of amides is 6. The number of hydrogen-bond acceptors (Lipinski definition) is 11. The van der Waals surface area contributed by atoms with E-state index in [2.05, 4.69) is 21.3 Å². The zero-order valence-electron chi connectivity index (χ0n) is 39.7. The lowest BCUT2D eigenvalue weighted by Crippen LogP contribution is -2.57. The summed E-state index contributed by atoms with van der Waals surface area (Å²) in [5.74, 6) is -3.96. The van der Waals surface area contributed by atoms with Crippen LogP contribution < -0.4 is 30.7 Å². The van der Waals surface area contributed by atoms with Crippen molar-refractivity contribution in [3.8, 4) is 22.8 Å². The van der Waals surface area contributed by atoms with E-state index in [1.165, 1.54) is 9.80 Å². The number of benzene rings is 3. The van der Waals surface area contributed by atoms with Gasteiger partial charge < -0.3 is 45.3 Å². The van der Waals surface area contributed by atoms with Crippen LogP contribution in [0.4, 0.5) is 4.79 Å². The quantitative estimate of drug-likeness (QED) is 0.0907. The number of ether oxygens (including phenoxy) is 3. The van der Waals surface area contributed by atoms with Gasteiger partial charge in [-0.3, -0.25) is 28.8 Å². The molecular weight excluding hydrogens is 859 g/mol. The first-order valence-electron chi connectivity index (χ1n) is 22.5. The number of nitrogens with one attached hydrogen (secondary N) is 4. The van der Waals surface area contributed by atoms with E-state index >= 15 is 0 Å². The minimum Gasteiger partial charge on any atom is -0.497 e. The molecule has 6 amide bonds. The summed E-state index contributed by atoms with van der Waals surface area (Å²) in [5, 5.41) is 11.0. The van der Waals surface area contributed by atoms with Gasteiger partial charge in [0.15, 0.2) is 0 Å². The molecule has 1 aliphatic rings. The molecule has 3 aromatic carbocycles. The molecule has 0 radical (unpaired) electrons. The van der Waals surface area contributed by atoms with E-state index < -0.39 is 89.7 Å². The third-order valence-electron chi connectivity index (χ3n) is 11.0. The van der Waals surface area contributed by atoms with Crippen molar-refractivity contribution in [2.45, 2.75) is 103 Å². The van der Waals surface area contributed by atoms with Crippen molar-refractivity contribution in [1.82, 2.24) is 36.1 Å². The predicted octanol–water partition coefficient (Wildman–Crippen LogP) is 5.11. The fourth-order valence-electron chi connectivity index (χ4n) is 7.59. The molecule has 17 nitrogen and oxygen atoms in total. The van der Waals surface area contributed by atoms with Crippen LogP contribution in [0.1, 0.15) is 78.8 Å². The Labute approximate surface area is 391 Å². The molecule has 17 heteroatoms. The molecule has 2 heterocycles. The molecule has 4 N–H and O–H groups in total. The molecule has 0 spiro atoms. The van der Waals surface area contributed by atoms with E-state index in [0.29, 0.717) is 46.5 Å². The number of hydrogen-bond donors (Lipinski definition) is 4. The Morgan fingerprint density at radius 3 is 2.16 bits per heavy atom. The predicted molar refractivity (Wildman–Crippen MR) is 252 cm³/mol. The molecular formula is C50H63N7O10. The Balaban J connectivity index is 1.41. The topological polar surface area (TPSA) is 215 Å². The summed E-state index contributed by atoms with van der Waals surface area (Å²) in [6.45, 7) is 9.78. The molecule has 0 saturated carbocycles. The zero-order chi connectivity index (χ0) is 49.0. The van der Waals surface area contributed by atoms with Crippen LogP contribution in [-0.2, 0) is 33.5 Å². The van der Waals surface area contributed by atoms with E-state index in [-0.39, 0.29) is 19.4 Å². The van der Waals surface area contributed by atoms with Gasteiger partial charge in [-0.2, -0.15) is 0 Å². The second-order valence-corrected chi connectivity index (χ2v) is 18.0.